The molecule has 0 aromatic heterocycles. The maximum absolute atomic E-state index is 15.6. The van der Waals surface area contributed by atoms with E-state index in [9.17, 15) is 9.59 Å². The molecule has 6 nitrogen and oxygen atoms in total. The van der Waals surface area contributed by atoms with Gasteiger partial charge in [0.2, 0.25) is 5.91 Å². The first-order valence-electron chi connectivity index (χ1n) is 12.7. The van der Waals surface area contributed by atoms with Gasteiger partial charge < -0.3 is 21.1 Å². The topological polar surface area (TPSA) is 93.4 Å². The van der Waals surface area contributed by atoms with Crippen LogP contribution in [0.4, 0.5) is 14.5 Å². The molecule has 40 heavy (non-hydrogen) atoms. The summed E-state index contributed by atoms with van der Waals surface area (Å²) >= 11 is 12.3. The van der Waals surface area contributed by atoms with Crippen molar-refractivity contribution in [3.05, 3.63) is 99.0 Å². The number of benzene rings is 3. The van der Waals surface area contributed by atoms with Crippen molar-refractivity contribution in [1.29, 1.82) is 0 Å². The highest BCUT2D eigenvalue weighted by Gasteiger charge is 2.58. The number of methoxy groups -OCH3 is 1. The molecule has 1 heterocycles. The Labute approximate surface area is 242 Å². The zero-order valence-corrected chi connectivity index (χ0v) is 24.0. The lowest BCUT2D eigenvalue weighted by Gasteiger charge is -2.40. The summed E-state index contributed by atoms with van der Waals surface area (Å²) in [5, 5.41) is 6.55. The molecule has 1 saturated heterocycles. The molecular formula is C30H31Cl2F2N3O3. The number of hydrogen-bond donors (Lipinski definition) is 3. The van der Waals surface area contributed by atoms with Crippen molar-refractivity contribution in [1.82, 2.24) is 5.32 Å². The highest BCUT2D eigenvalue weighted by atomic mass is 35.5. The van der Waals surface area contributed by atoms with Gasteiger partial charge >= 0.3 is 5.97 Å². The van der Waals surface area contributed by atoms with E-state index < -0.39 is 47.1 Å². The number of nitrogens with two attached hydrogens (primary N) is 1. The number of amides is 1. The summed E-state index contributed by atoms with van der Waals surface area (Å²) in [5.74, 6) is -3.39. The van der Waals surface area contributed by atoms with Crippen molar-refractivity contribution >= 4 is 40.8 Å². The summed E-state index contributed by atoms with van der Waals surface area (Å²) in [6.07, 6.45) is 0.432. The van der Waals surface area contributed by atoms with Crippen LogP contribution in [-0.4, -0.2) is 31.1 Å². The summed E-state index contributed by atoms with van der Waals surface area (Å²) in [7, 11) is 1.27. The first-order valence-corrected chi connectivity index (χ1v) is 13.4. The molecule has 0 bridgehead atoms. The number of carbonyl (C=O) groups excluding carboxylic acids is 2. The fraction of sp³-hybridized carbons (Fsp3) is 0.333. The van der Waals surface area contributed by atoms with E-state index in [1.807, 2.05) is 20.8 Å². The average molecular weight is 590 g/mol. The van der Waals surface area contributed by atoms with Crippen LogP contribution >= 0.6 is 23.2 Å². The number of rotatable bonds is 6. The van der Waals surface area contributed by atoms with Gasteiger partial charge in [-0.05, 0) is 72.0 Å². The van der Waals surface area contributed by atoms with E-state index >= 15 is 8.78 Å². The van der Waals surface area contributed by atoms with Crippen LogP contribution in [0.1, 0.15) is 54.6 Å². The predicted molar refractivity (Wildman–Crippen MR) is 153 cm³/mol. The second kappa shape index (κ2) is 11.4. The van der Waals surface area contributed by atoms with Gasteiger partial charge in [0, 0.05) is 33.3 Å². The van der Waals surface area contributed by atoms with E-state index in [0.29, 0.717) is 17.7 Å². The van der Waals surface area contributed by atoms with Gasteiger partial charge in [-0.1, -0.05) is 50.0 Å². The van der Waals surface area contributed by atoms with Gasteiger partial charge in [0.05, 0.1) is 24.3 Å². The van der Waals surface area contributed by atoms with Crippen LogP contribution in [0, 0.1) is 17.0 Å². The second-order valence-corrected chi connectivity index (χ2v) is 12.1. The third-order valence-electron chi connectivity index (χ3n) is 7.17. The Morgan fingerprint density at radius 3 is 2.23 bits per heavy atom. The molecule has 0 aliphatic carbocycles. The van der Waals surface area contributed by atoms with Crippen LogP contribution < -0.4 is 16.4 Å². The third-order valence-corrected chi connectivity index (χ3v) is 7.64. The zero-order chi connectivity index (χ0) is 29.4. The van der Waals surface area contributed by atoms with Gasteiger partial charge in [-0.3, -0.25) is 4.79 Å². The van der Waals surface area contributed by atoms with Crippen molar-refractivity contribution in [2.75, 3.05) is 12.4 Å². The van der Waals surface area contributed by atoms with E-state index in [-0.39, 0.29) is 26.6 Å². The van der Waals surface area contributed by atoms with Crippen molar-refractivity contribution in [2.24, 2.45) is 11.1 Å². The van der Waals surface area contributed by atoms with Crippen molar-refractivity contribution in [3.63, 3.8) is 0 Å². The molecular weight excluding hydrogens is 559 g/mol. The molecule has 3 aromatic rings. The molecule has 0 spiro atoms. The van der Waals surface area contributed by atoms with E-state index in [4.69, 9.17) is 33.7 Å². The lowest BCUT2D eigenvalue weighted by molar-refractivity contribution is -0.118. The number of halogens is 4. The van der Waals surface area contributed by atoms with E-state index in [0.717, 1.165) is 6.07 Å². The number of esters is 1. The summed E-state index contributed by atoms with van der Waals surface area (Å²) in [6, 6.07) is 12.6. The first kappa shape index (κ1) is 29.9. The molecule has 1 aliphatic rings. The van der Waals surface area contributed by atoms with Gasteiger partial charge in [-0.2, -0.15) is 0 Å². The molecule has 0 radical (unpaired) electrons. The standard InChI is InChI=1S/C30H31Cl2F2N3O3/c1-29(2,3)15-24-30(35,21-11-7-18(32)14-23(21)34)25(20-13-17(31)8-12-22(20)33)26(37-24)27(38)36-19-9-5-16(6-10-19)28(39)40-4/h5-14,24-26,37H,15,35H2,1-4H3,(H,36,38)/t24-,25-,26+,30+/m0/s1. The maximum atomic E-state index is 15.6. The Morgan fingerprint density at radius 2 is 1.62 bits per heavy atom. The van der Waals surface area contributed by atoms with Crippen LogP contribution in [0.5, 0.6) is 0 Å². The van der Waals surface area contributed by atoms with Crippen LogP contribution in [-0.2, 0) is 15.1 Å². The monoisotopic (exact) mass is 589 g/mol. The summed E-state index contributed by atoms with van der Waals surface area (Å²) < 4.78 is 35.8. The van der Waals surface area contributed by atoms with Gasteiger partial charge in [0.1, 0.15) is 11.6 Å². The first-order chi connectivity index (χ1) is 18.7. The molecule has 0 unspecified atom stereocenters. The van der Waals surface area contributed by atoms with Crippen LogP contribution in [0.2, 0.25) is 10.0 Å². The van der Waals surface area contributed by atoms with E-state index in [1.54, 1.807) is 12.1 Å². The van der Waals surface area contributed by atoms with Crippen molar-refractivity contribution in [3.8, 4) is 0 Å². The average Bonchev–Trinajstić information content (AvgIpc) is 3.16. The Hall–Kier alpha value is -3.04. The molecule has 1 fully saturated rings. The van der Waals surface area contributed by atoms with Crippen LogP contribution in [0.25, 0.3) is 0 Å². The van der Waals surface area contributed by atoms with Crippen LogP contribution in [0.3, 0.4) is 0 Å². The third kappa shape index (κ3) is 6.00. The Kier molecular flexibility index (Phi) is 8.57. The molecule has 1 aliphatic heterocycles. The molecule has 1 amide bonds. The Bertz CT molecular complexity index is 1430. The lowest BCUT2D eigenvalue weighted by Crippen LogP contribution is -2.52. The van der Waals surface area contributed by atoms with Gasteiger partial charge in [-0.15, -0.1) is 0 Å². The van der Waals surface area contributed by atoms with E-state index in [2.05, 4.69) is 10.6 Å². The number of anilines is 1. The van der Waals surface area contributed by atoms with Crippen LogP contribution in [0.15, 0.2) is 60.7 Å². The maximum Gasteiger partial charge on any atom is 0.337 e. The quantitative estimate of drug-likeness (QED) is 0.289. The number of carbonyl (C=O) groups is 2. The fourth-order valence-electron chi connectivity index (χ4n) is 5.42. The SMILES string of the molecule is COC(=O)c1ccc(NC(=O)[C@@H]2N[C@@H](CC(C)(C)C)[C@](N)(c3ccc(Cl)cc3F)[C@H]2c2cc(Cl)ccc2F)cc1. The predicted octanol–water partition coefficient (Wildman–Crippen LogP) is 6.41. The number of nitrogens with one attached hydrogen (secondary N) is 2. The van der Waals surface area contributed by atoms with E-state index in [1.165, 1.54) is 49.6 Å². The molecule has 4 rings (SSSR count). The smallest absolute Gasteiger partial charge is 0.337 e. The normalized spacial score (nSPS) is 22.7. The zero-order valence-electron chi connectivity index (χ0n) is 22.5. The van der Waals surface area contributed by atoms with Gasteiger partial charge in [0.15, 0.2) is 0 Å². The molecule has 0 saturated carbocycles. The Morgan fingerprint density at radius 1 is 1.00 bits per heavy atom. The summed E-state index contributed by atoms with van der Waals surface area (Å²) in [6.45, 7) is 6.00. The minimum absolute atomic E-state index is 0.0782. The van der Waals surface area contributed by atoms with Crippen molar-refractivity contribution in [2.45, 2.75) is 50.7 Å². The molecule has 4 atom stereocenters. The molecule has 212 valence electrons. The fourth-order valence-corrected chi connectivity index (χ4v) is 5.76. The highest BCUT2D eigenvalue weighted by Crippen LogP contribution is 2.49. The minimum Gasteiger partial charge on any atom is -0.465 e. The summed E-state index contributed by atoms with van der Waals surface area (Å²) in [5.41, 5.74) is 6.19. The summed E-state index contributed by atoms with van der Waals surface area (Å²) in [4.78, 5) is 25.6. The number of ether oxygens (including phenoxy) is 1. The molecule has 10 heteroatoms. The van der Waals surface area contributed by atoms with Gasteiger partial charge in [-0.25, -0.2) is 13.6 Å². The Balaban J connectivity index is 1.85. The molecule has 3 aromatic carbocycles. The second-order valence-electron chi connectivity index (χ2n) is 11.2. The van der Waals surface area contributed by atoms with Crippen molar-refractivity contribution < 1.29 is 23.1 Å². The molecule has 4 N–H and O–H groups in total. The highest BCUT2D eigenvalue weighted by molar-refractivity contribution is 6.30. The largest absolute Gasteiger partial charge is 0.465 e. The minimum atomic E-state index is -1.58. The lowest BCUT2D eigenvalue weighted by atomic mass is 9.68. The number of hydrogen-bond acceptors (Lipinski definition) is 5. The van der Waals surface area contributed by atoms with Gasteiger partial charge in [0.25, 0.3) is 0 Å².